The molecule has 0 saturated heterocycles. The van der Waals surface area contributed by atoms with Gasteiger partial charge in [0.15, 0.2) is 0 Å². The van der Waals surface area contributed by atoms with Gasteiger partial charge in [0.2, 0.25) is 0 Å². The van der Waals surface area contributed by atoms with Crippen molar-refractivity contribution >= 4 is 11.9 Å². The van der Waals surface area contributed by atoms with Crippen molar-refractivity contribution in [2.45, 2.75) is 20.4 Å². The van der Waals surface area contributed by atoms with Crippen LogP contribution in [0.1, 0.15) is 16.7 Å². The Kier molecular flexibility index (Phi) is 3.28. The molecule has 2 rings (SSSR count). The first-order valence-corrected chi connectivity index (χ1v) is 5.66. The highest BCUT2D eigenvalue weighted by Gasteiger charge is 2.00. The van der Waals surface area contributed by atoms with Gasteiger partial charge in [0.05, 0.1) is 6.20 Å². The smallest absolute Gasteiger partial charge is 0.0543 e. The number of aromatic nitrogens is 2. The molecule has 0 unspecified atom stereocenters. The van der Waals surface area contributed by atoms with Crippen LogP contribution in [-0.2, 0) is 6.54 Å². The minimum absolute atomic E-state index is 0.776. The molecule has 0 atom stereocenters. The van der Waals surface area contributed by atoms with E-state index in [2.05, 4.69) is 49.0 Å². The minimum atomic E-state index is 0.776. The van der Waals surface area contributed by atoms with Crippen LogP contribution in [-0.4, -0.2) is 9.78 Å². The van der Waals surface area contributed by atoms with Gasteiger partial charge in [0, 0.05) is 30.2 Å². The molecule has 3 nitrogen and oxygen atoms in total. The number of nitrogens with one attached hydrogen (secondary N) is 1. The van der Waals surface area contributed by atoms with Gasteiger partial charge < -0.3 is 5.32 Å². The van der Waals surface area contributed by atoms with Crippen molar-refractivity contribution in [1.82, 2.24) is 9.78 Å². The van der Waals surface area contributed by atoms with Crippen LogP contribution in [0.5, 0.6) is 0 Å². The Hall–Kier alpha value is -2.03. The first-order valence-electron chi connectivity index (χ1n) is 5.66. The number of benzene rings is 1. The van der Waals surface area contributed by atoms with Gasteiger partial charge in [0.25, 0.3) is 0 Å². The zero-order valence-electron chi connectivity index (χ0n) is 10.3. The van der Waals surface area contributed by atoms with Gasteiger partial charge in [-0.25, -0.2) is 4.68 Å². The predicted octanol–water partition coefficient (Wildman–Crippen LogP) is 3.21. The molecule has 0 radical (unpaired) electrons. The summed E-state index contributed by atoms with van der Waals surface area (Å²) in [4.78, 5) is 0. The lowest BCUT2D eigenvalue weighted by atomic mass is 10.1. The Labute approximate surface area is 102 Å². The standard InChI is InChI=1S/C14H17N3/c1-4-17-10-13(9-16-17)8-15-14-7-11(2)5-6-12(14)3/h4-7,9-10,15H,1,8H2,2-3H3. The summed E-state index contributed by atoms with van der Waals surface area (Å²) in [6, 6.07) is 6.41. The summed E-state index contributed by atoms with van der Waals surface area (Å²) in [5.41, 5.74) is 4.84. The van der Waals surface area contributed by atoms with Gasteiger partial charge >= 0.3 is 0 Å². The normalized spacial score (nSPS) is 10.2. The average Bonchev–Trinajstić information content (AvgIpc) is 2.78. The summed E-state index contributed by atoms with van der Waals surface area (Å²) in [5.74, 6) is 0. The Balaban J connectivity index is 2.06. The SMILES string of the molecule is C=Cn1cc(CNc2cc(C)ccc2C)cn1. The Bertz CT molecular complexity index is 526. The molecule has 17 heavy (non-hydrogen) atoms. The summed E-state index contributed by atoms with van der Waals surface area (Å²) in [6.45, 7) is 8.65. The molecular weight excluding hydrogens is 210 g/mol. The predicted molar refractivity (Wildman–Crippen MR) is 71.9 cm³/mol. The third-order valence-corrected chi connectivity index (χ3v) is 2.72. The Morgan fingerprint density at radius 3 is 2.94 bits per heavy atom. The molecule has 1 N–H and O–H groups in total. The van der Waals surface area contributed by atoms with Crippen molar-refractivity contribution < 1.29 is 0 Å². The zero-order chi connectivity index (χ0) is 12.3. The number of aryl methyl sites for hydroxylation is 2. The third-order valence-electron chi connectivity index (χ3n) is 2.72. The lowest BCUT2D eigenvalue weighted by Crippen LogP contribution is -2.00. The summed E-state index contributed by atoms with van der Waals surface area (Å²) in [7, 11) is 0. The van der Waals surface area contributed by atoms with E-state index in [1.54, 1.807) is 10.9 Å². The van der Waals surface area contributed by atoms with Crippen molar-refractivity contribution in [3.05, 3.63) is 53.9 Å². The maximum atomic E-state index is 4.15. The minimum Gasteiger partial charge on any atom is -0.381 e. The fraction of sp³-hybridized carbons (Fsp3) is 0.214. The second-order valence-electron chi connectivity index (χ2n) is 4.18. The van der Waals surface area contributed by atoms with E-state index in [9.17, 15) is 0 Å². The van der Waals surface area contributed by atoms with E-state index in [1.165, 1.54) is 16.8 Å². The maximum Gasteiger partial charge on any atom is 0.0543 e. The number of hydrogen-bond donors (Lipinski definition) is 1. The van der Waals surface area contributed by atoms with Crippen LogP contribution in [0.2, 0.25) is 0 Å². The van der Waals surface area contributed by atoms with E-state index in [1.807, 2.05) is 12.4 Å². The molecule has 0 bridgehead atoms. The van der Waals surface area contributed by atoms with Gasteiger partial charge in [0.1, 0.15) is 0 Å². The molecule has 0 aliphatic heterocycles. The largest absolute Gasteiger partial charge is 0.381 e. The van der Waals surface area contributed by atoms with Crippen molar-refractivity contribution in [2.75, 3.05) is 5.32 Å². The molecule has 0 aliphatic rings. The highest BCUT2D eigenvalue weighted by atomic mass is 15.2. The van der Waals surface area contributed by atoms with E-state index in [0.29, 0.717) is 0 Å². The number of nitrogens with zero attached hydrogens (tertiary/aromatic N) is 2. The first-order chi connectivity index (χ1) is 8.19. The van der Waals surface area contributed by atoms with Crippen LogP contribution >= 0.6 is 0 Å². The Morgan fingerprint density at radius 2 is 2.24 bits per heavy atom. The molecule has 88 valence electrons. The van der Waals surface area contributed by atoms with E-state index in [-0.39, 0.29) is 0 Å². The molecule has 1 aromatic carbocycles. The van der Waals surface area contributed by atoms with Crippen LogP contribution in [0.4, 0.5) is 5.69 Å². The lowest BCUT2D eigenvalue weighted by molar-refractivity contribution is 0.936. The van der Waals surface area contributed by atoms with Crippen LogP contribution in [0.15, 0.2) is 37.2 Å². The van der Waals surface area contributed by atoms with Crippen molar-refractivity contribution in [1.29, 1.82) is 0 Å². The molecule has 1 heterocycles. The second kappa shape index (κ2) is 4.87. The van der Waals surface area contributed by atoms with E-state index < -0.39 is 0 Å². The molecule has 0 aliphatic carbocycles. The Morgan fingerprint density at radius 1 is 1.41 bits per heavy atom. The third kappa shape index (κ3) is 2.75. The van der Waals surface area contributed by atoms with Crippen LogP contribution in [0.25, 0.3) is 6.20 Å². The van der Waals surface area contributed by atoms with Gasteiger partial charge in [-0.2, -0.15) is 5.10 Å². The summed E-state index contributed by atoms with van der Waals surface area (Å²) in [5, 5.41) is 7.57. The van der Waals surface area contributed by atoms with Crippen LogP contribution in [0.3, 0.4) is 0 Å². The molecule has 0 spiro atoms. The molecule has 0 saturated carbocycles. The number of anilines is 1. The zero-order valence-corrected chi connectivity index (χ0v) is 10.3. The van der Waals surface area contributed by atoms with Gasteiger partial charge in [-0.15, -0.1) is 0 Å². The number of hydrogen-bond acceptors (Lipinski definition) is 2. The van der Waals surface area contributed by atoms with E-state index in [0.717, 1.165) is 12.1 Å². The molecule has 3 heteroatoms. The van der Waals surface area contributed by atoms with Crippen LogP contribution < -0.4 is 5.32 Å². The molecule has 2 aromatic rings. The summed E-state index contributed by atoms with van der Waals surface area (Å²) >= 11 is 0. The van der Waals surface area contributed by atoms with Gasteiger partial charge in [-0.05, 0) is 31.0 Å². The van der Waals surface area contributed by atoms with Crippen molar-refractivity contribution in [3.63, 3.8) is 0 Å². The maximum absolute atomic E-state index is 4.15. The highest BCUT2D eigenvalue weighted by molar-refractivity contribution is 5.52. The van der Waals surface area contributed by atoms with Crippen molar-refractivity contribution in [2.24, 2.45) is 0 Å². The highest BCUT2D eigenvalue weighted by Crippen LogP contribution is 2.17. The van der Waals surface area contributed by atoms with E-state index in [4.69, 9.17) is 0 Å². The number of rotatable bonds is 4. The van der Waals surface area contributed by atoms with Crippen molar-refractivity contribution in [3.8, 4) is 0 Å². The first kappa shape index (κ1) is 11.5. The molecule has 0 fully saturated rings. The monoisotopic (exact) mass is 227 g/mol. The quantitative estimate of drug-likeness (QED) is 0.869. The summed E-state index contributed by atoms with van der Waals surface area (Å²) in [6.07, 6.45) is 5.49. The second-order valence-corrected chi connectivity index (χ2v) is 4.18. The fourth-order valence-electron chi connectivity index (χ4n) is 1.69. The molecule has 0 amide bonds. The average molecular weight is 227 g/mol. The molecular formula is C14H17N3. The lowest BCUT2D eigenvalue weighted by Gasteiger charge is -2.09. The fourth-order valence-corrected chi connectivity index (χ4v) is 1.69. The summed E-state index contributed by atoms with van der Waals surface area (Å²) < 4.78 is 1.71. The van der Waals surface area contributed by atoms with Gasteiger partial charge in [-0.3, -0.25) is 0 Å². The van der Waals surface area contributed by atoms with E-state index >= 15 is 0 Å². The molecule has 1 aromatic heterocycles. The van der Waals surface area contributed by atoms with Gasteiger partial charge in [-0.1, -0.05) is 18.7 Å². The topological polar surface area (TPSA) is 29.9 Å². The van der Waals surface area contributed by atoms with Crippen LogP contribution in [0, 0.1) is 13.8 Å².